The van der Waals surface area contributed by atoms with Crippen LogP contribution in [0.1, 0.15) is 17.7 Å². The second kappa shape index (κ2) is 4.40. The van der Waals surface area contributed by atoms with Gasteiger partial charge in [-0.05, 0) is 40.2 Å². The Bertz CT molecular complexity index is 298. The largest absolute Gasteiger partial charge is 0.308 e. The van der Waals surface area contributed by atoms with Crippen molar-refractivity contribution in [3.05, 3.63) is 32.9 Å². The minimum atomic E-state index is 0.661. The Labute approximate surface area is 91.0 Å². The molecule has 0 unspecified atom stereocenters. The third kappa shape index (κ3) is 2.42. The fraction of sp³-hybridized carbons (Fsp3) is 0.400. The van der Waals surface area contributed by atoms with E-state index < -0.39 is 0 Å². The van der Waals surface area contributed by atoms with Crippen molar-refractivity contribution in [3.63, 3.8) is 0 Å². The van der Waals surface area contributed by atoms with Gasteiger partial charge >= 0.3 is 0 Å². The molecule has 1 nitrogen and oxygen atoms in total. The van der Waals surface area contributed by atoms with Crippen LogP contribution in [0.4, 0.5) is 0 Å². The number of thiophene rings is 1. The summed E-state index contributed by atoms with van der Waals surface area (Å²) >= 11 is 5.33. The van der Waals surface area contributed by atoms with Gasteiger partial charge in [-0.3, -0.25) is 0 Å². The monoisotopic (exact) mass is 257 g/mol. The highest BCUT2D eigenvalue weighted by Crippen LogP contribution is 2.22. The first-order valence-electron chi connectivity index (χ1n) is 4.46. The van der Waals surface area contributed by atoms with Crippen LogP contribution in [0.15, 0.2) is 28.1 Å². The lowest BCUT2D eigenvalue weighted by Gasteiger charge is -2.10. The SMILES string of the molecule is Brc1ccsc1CNC1CC=CC1. The molecule has 1 N–H and O–H groups in total. The van der Waals surface area contributed by atoms with Crippen LogP contribution in [0.25, 0.3) is 0 Å². The van der Waals surface area contributed by atoms with Gasteiger partial charge in [0, 0.05) is 21.9 Å². The van der Waals surface area contributed by atoms with Crippen molar-refractivity contribution >= 4 is 27.3 Å². The van der Waals surface area contributed by atoms with Crippen LogP contribution in [-0.2, 0) is 6.54 Å². The lowest BCUT2D eigenvalue weighted by molar-refractivity contribution is 0.541. The van der Waals surface area contributed by atoms with Crippen molar-refractivity contribution in [3.8, 4) is 0 Å². The minimum absolute atomic E-state index is 0.661. The van der Waals surface area contributed by atoms with Gasteiger partial charge < -0.3 is 5.32 Å². The highest BCUT2D eigenvalue weighted by Gasteiger charge is 2.09. The molecule has 1 aliphatic carbocycles. The molecule has 70 valence electrons. The first-order valence-corrected chi connectivity index (χ1v) is 6.14. The van der Waals surface area contributed by atoms with Crippen molar-refractivity contribution in [1.29, 1.82) is 0 Å². The van der Waals surface area contributed by atoms with Crippen LogP contribution in [0.2, 0.25) is 0 Å². The van der Waals surface area contributed by atoms with Crippen LogP contribution in [0.5, 0.6) is 0 Å². The fourth-order valence-corrected chi connectivity index (χ4v) is 2.92. The molecule has 3 heteroatoms. The van der Waals surface area contributed by atoms with Crippen LogP contribution in [0.3, 0.4) is 0 Å². The second-order valence-electron chi connectivity index (χ2n) is 3.21. The molecule has 1 aromatic heterocycles. The molecule has 0 amide bonds. The quantitative estimate of drug-likeness (QED) is 0.820. The zero-order valence-electron chi connectivity index (χ0n) is 7.29. The molecule has 0 fully saturated rings. The van der Waals surface area contributed by atoms with E-state index in [1.54, 1.807) is 11.3 Å². The van der Waals surface area contributed by atoms with Gasteiger partial charge in [0.05, 0.1) is 0 Å². The average molecular weight is 258 g/mol. The van der Waals surface area contributed by atoms with Crippen molar-refractivity contribution < 1.29 is 0 Å². The normalized spacial score (nSPS) is 17.0. The summed E-state index contributed by atoms with van der Waals surface area (Å²) in [5.74, 6) is 0. The maximum Gasteiger partial charge on any atom is 0.0327 e. The Balaban J connectivity index is 1.82. The van der Waals surface area contributed by atoms with Crippen LogP contribution in [0, 0.1) is 0 Å². The fourth-order valence-electron chi connectivity index (χ4n) is 1.47. The summed E-state index contributed by atoms with van der Waals surface area (Å²) in [4.78, 5) is 1.40. The molecule has 2 rings (SSSR count). The third-order valence-electron chi connectivity index (χ3n) is 2.25. The Hall–Kier alpha value is -0.120. The molecule has 13 heavy (non-hydrogen) atoms. The molecular weight excluding hydrogens is 246 g/mol. The van der Waals surface area contributed by atoms with E-state index in [1.165, 1.54) is 22.2 Å². The summed E-state index contributed by atoms with van der Waals surface area (Å²) in [6, 6.07) is 2.77. The highest BCUT2D eigenvalue weighted by molar-refractivity contribution is 9.10. The number of halogens is 1. The molecule has 1 aliphatic rings. The lowest BCUT2D eigenvalue weighted by atomic mass is 10.2. The topological polar surface area (TPSA) is 12.0 Å². The van der Waals surface area contributed by atoms with Gasteiger partial charge in [0.2, 0.25) is 0 Å². The van der Waals surface area contributed by atoms with Gasteiger partial charge in [0.15, 0.2) is 0 Å². The molecule has 0 spiro atoms. The first kappa shape index (κ1) is 9.44. The van der Waals surface area contributed by atoms with Gasteiger partial charge in [-0.25, -0.2) is 0 Å². The van der Waals surface area contributed by atoms with Crippen LogP contribution < -0.4 is 5.32 Å². The average Bonchev–Trinajstić information content (AvgIpc) is 2.72. The molecule has 0 radical (unpaired) electrons. The summed E-state index contributed by atoms with van der Waals surface area (Å²) in [6.07, 6.45) is 6.87. The van der Waals surface area contributed by atoms with E-state index in [0.717, 1.165) is 6.54 Å². The summed E-state index contributed by atoms with van der Waals surface area (Å²) in [5.41, 5.74) is 0. The van der Waals surface area contributed by atoms with E-state index >= 15 is 0 Å². The predicted octanol–water partition coefficient (Wildman–Crippen LogP) is 3.32. The van der Waals surface area contributed by atoms with Gasteiger partial charge in [-0.2, -0.15) is 0 Å². The standard InChI is InChI=1S/C10H12BrNS/c11-9-5-6-13-10(9)7-12-8-3-1-2-4-8/h1-2,5-6,8,12H,3-4,7H2. The Morgan fingerprint density at radius 2 is 2.23 bits per heavy atom. The Kier molecular flexibility index (Phi) is 3.19. The van der Waals surface area contributed by atoms with Crippen LogP contribution >= 0.6 is 27.3 Å². The number of rotatable bonds is 3. The molecule has 0 aromatic carbocycles. The molecule has 0 bridgehead atoms. The number of hydrogen-bond donors (Lipinski definition) is 1. The van der Waals surface area contributed by atoms with E-state index in [9.17, 15) is 0 Å². The van der Waals surface area contributed by atoms with Gasteiger partial charge in [-0.1, -0.05) is 12.2 Å². The Morgan fingerprint density at radius 1 is 1.46 bits per heavy atom. The predicted molar refractivity (Wildman–Crippen MR) is 61.0 cm³/mol. The van der Waals surface area contributed by atoms with E-state index in [1.807, 2.05) is 0 Å². The summed E-state index contributed by atoms with van der Waals surface area (Å²) in [5, 5.41) is 5.66. The highest BCUT2D eigenvalue weighted by atomic mass is 79.9. The van der Waals surface area contributed by atoms with Crippen molar-refractivity contribution in [2.75, 3.05) is 0 Å². The maximum atomic E-state index is 3.54. The zero-order chi connectivity index (χ0) is 9.10. The second-order valence-corrected chi connectivity index (χ2v) is 5.07. The molecule has 0 atom stereocenters. The zero-order valence-corrected chi connectivity index (χ0v) is 9.70. The smallest absolute Gasteiger partial charge is 0.0327 e. The Morgan fingerprint density at radius 3 is 2.85 bits per heavy atom. The van der Waals surface area contributed by atoms with Gasteiger partial charge in [0.25, 0.3) is 0 Å². The molecule has 1 aromatic rings. The number of nitrogens with one attached hydrogen (secondary N) is 1. The molecule has 0 saturated heterocycles. The van der Waals surface area contributed by atoms with Crippen molar-refractivity contribution in [1.82, 2.24) is 5.32 Å². The van der Waals surface area contributed by atoms with E-state index in [0.29, 0.717) is 6.04 Å². The van der Waals surface area contributed by atoms with Crippen LogP contribution in [-0.4, -0.2) is 6.04 Å². The van der Waals surface area contributed by atoms with E-state index in [2.05, 4.69) is 44.8 Å². The van der Waals surface area contributed by atoms with Crippen molar-refractivity contribution in [2.24, 2.45) is 0 Å². The first-order chi connectivity index (χ1) is 6.36. The molecule has 0 aliphatic heterocycles. The third-order valence-corrected chi connectivity index (χ3v) is 4.18. The number of hydrogen-bond acceptors (Lipinski definition) is 2. The van der Waals surface area contributed by atoms with E-state index in [4.69, 9.17) is 0 Å². The summed E-state index contributed by atoms with van der Waals surface area (Å²) in [6.45, 7) is 0.991. The van der Waals surface area contributed by atoms with E-state index in [-0.39, 0.29) is 0 Å². The van der Waals surface area contributed by atoms with Gasteiger partial charge in [-0.15, -0.1) is 11.3 Å². The molecule has 1 heterocycles. The molecule has 0 saturated carbocycles. The lowest BCUT2D eigenvalue weighted by Crippen LogP contribution is -2.25. The molecular formula is C10H12BrNS. The summed E-state index contributed by atoms with van der Waals surface area (Å²) < 4.78 is 1.23. The van der Waals surface area contributed by atoms with Crippen molar-refractivity contribution in [2.45, 2.75) is 25.4 Å². The maximum absolute atomic E-state index is 3.54. The minimum Gasteiger partial charge on any atom is -0.308 e. The summed E-state index contributed by atoms with van der Waals surface area (Å²) in [7, 11) is 0. The van der Waals surface area contributed by atoms with Gasteiger partial charge in [0.1, 0.15) is 0 Å².